The molecule has 1 unspecified atom stereocenters. The van der Waals surface area contributed by atoms with Gasteiger partial charge in [0.2, 0.25) is 0 Å². The number of nitrogens with zero attached hydrogens (tertiary/aromatic N) is 1. The van der Waals surface area contributed by atoms with Crippen molar-refractivity contribution in [3.63, 3.8) is 0 Å². The van der Waals surface area contributed by atoms with Crippen LogP contribution in [0, 0.1) is 0 Å². The molecule has 0 fully saturated rings. The van der Waals surface area contributed by atoms with E-state index in [-0.39, 0.29) is 6.04 Å². The first-order chi connectivity index (χ1) is 9.99. The number of aromatic nitrogens is 1. The number of unbranched alkanes of at least 4 members (excludes halogenated alkanes) is 6. The van der Waals surface area contributed by atoms with Gasteiger partial charge in [-0.25, -0.2) is 4.98 Å². The van der Waals surface area contributed by atoms with Gasteiger partial charge >= 0.3 is 6.18 Å². The maximum Gasteiger partial charge on any atom is 0.443 e. The van der Waals surface area contributed by atoms with Crippen LogP contribution in [0.2, 0.25) is 0 Å². The molecule has 0 bridgehead atoms. The van der Waals surface area contributed by atoms with E-state index in [1.54, 1.807) is 7.05 Å². The molecule has 0 aliphatic carbocycles. The van der Waals surface area contributed by atoms with E-state index in [0.717, 1.165) is 30.6 Å². The van der Waals surface area contributed by atoms with Crippen LogP contribution in [0.3, 0.4) is 0 Å². The Balaban J connectivity index is 2.33. The second-order valence-corrected chi connectivity index (χ2v) is 6.38. The summed E-state index contributed by atoms with van der Waals surface area (Å²) < 4.78 is 37.7. The Hall–Kier alpha value is -0.620. The number of hydrogen-bond acceptors (Lipinski definition) is 3. The number of rotatable bonds is 10. The summed E-state index contributed by atoms with van der Waals surface area (Å²) in [6, 6.07) is -0.0192. The van der Waals surface area contributed by atoms with Crippen molar-refractivity contribution in [2.45, 2.75) is 70.5 Å². The second-order valence-electron chi connectivity index (χ2n) is 5.32. The molecule has 2 nitrogen and oxygen atoms in total. The zero-order chi connectivity index (χ0) is 15.7. The third kappa shape index (κ3) is 6.78. The highest BCUT2D eigenvalue weighted by Gasteiger charge is 2.35. The van der Waals surface area contributed by atoms with Gasteiger partial charge in [0.25, 0.3) is 0 Å². The standard InChI is InChI=1S/C15H25F3N2S/c1-3-4-5-6-7-8-9-10-12(19-2)13-11-20-14(21-13)15(16,17)18/h11-12,19H,3-10H2,1-2H3. The fourth-order valence-corrected chi connectivity index (χ4v) is 3.24. The first-order valence-corrected chi connectivity index (χ1v) is 8.50. The number of halogens is 3. The van der Waals surface area contributed by atoms with E-state index in [0.29, 0.717) is 4.88 Å². The summed E-state index contributed by atoms with van der Waals surface area (Å²) in [5.74, 6) is 0. The number of nitrogens with one attached hydrogen (secondary N) is 1. The Kier molecular flexibility index (Phi) is 8.26. The minimum absolute atomic E-state index is 0.0192. The molecule has 1 atom stereocenters. The molecular weight excluding hydrogens is 297 g/mol. The molecule has 122 valence electrons. The van der Waals surface area contributed by atoms with Crippen molar-refractivity contribution in [1.29, 1.82) is 0 Å². The van der Waals surface area contributed by atoms with Crippen molar-refractivity contribution >= 4 is 11.3 Å². The Labute approximate surface area is 129 Å². The van der Waals surface area contributed by atoms with Gasteiger partial charge in [-0.15, -0.1) is 11.3 Å². The van der Waals surface area contributed by atoms with E-state index in [9.17, 15) is 13.2 Å². The van der Waals surface area contributed by atoms with Crippen LogP contribution in [0.5, 0.6) is 0 Å². The summed E-state index contributed by atoms with van der Waals surface area (Å²) in [5, 5.41) is 2.34. The van der Waals surface area contributed by atoms with Gasteiger partial charge in [0.05, 0.1) is 0 Å². The molecule has 1 aromatic heterocycles. The average molecular weight is 322 g/mol. The molecule has 0 aliphatic rings. The molecule has 1 heterocycles. The quantitative estimate of drug-likeness (QED) is 0.570. The SMILES string of the molecule is CCCCCCCCCC(NC)c1cnc(C(F)(F)F)s1. The van der Waals surface area contributed by atoms with Gasteiger partial charge in [-0.2, -0.15) is 13.2 Å². The summed E-state index contributed by atoms with van der Waals surface area (Å²) in [5.41, 5.74) is 0. The molecule has 0 radical (unpaired) electrons. The normalized spacial score (nSPS) is 13.6. The van der Waals surface area contributed by atoms with Gasteiger partial charge in [0.1, 0.15) is 0 Å². The van der Waals surface area contributed by atoms with Crippen LogP contribution >= 0.6 is 11.3 Å². The molecule has 0 spiro atoms. The zero-order valence-corrected chi connectivity index (χ0v) is 13.6. The second kappa shape index (κ2) is 9.41. The largest absolute Gasteiger partial charge is 0.443 e. The summed E-state index contributed by atoms with van der Waals surface area (Å²) in [6.45, 7) is 2.20. The van der Waals surface area contributed by atoms with Crippen LogP contribution in [-0.4, -0.2) is 12.0 Å². The van der Waals surface area contributed by atoms with E-state index >= 15 is 0 Å². The number of thiazole rings is 1. The van der Waals surface area contributed by atoms with Gasteiger partial charge in [0.15, 0.2) is 5.01 Å². The van der Waals surface area contributed by atoms with Gasteiger partial charge < -0.3 is 5.32 Å². The van der Waals surface area contributed by atoms with E-state index in [4.69, 9.17) is 0 Å². The highest BCUT2D eigenvalue weighted by Crippen LogP contribution is 2.35. The van der Waals surface area contributed by atoms with Crippen molar-refractivity contribution in [2.75, 3.05) is 7.05 Å². The van der Waals surface area contributed by atoms with Crippen molar-refractivity contribution in [3.8, 4) is 0 Å². The Morgan fingerprint density at radius 3 is 2.29 bits per heavy atom. The van der Waals surface area contributed by atoms with Crippen molar-refractivity contribution in [2.24, 2.45) is 0 Å². The number of hydrogen-bond donors (Lipinski definition) is 1. The minimum atomic E-state index is -4.33. The van der Waals surface area contributed by atoms with Crippen LogP contribution in [0.15, 0.2) is 6.20 Å². The molecule has 0 saturated heterocycles. The van der Waals surface area contributed by atoms with Crippen molar-refractivity contribution in [3.05, 3.63) is 16.1 Å². The van der Waals surface area contributed by atoms with Gasteiger partial charge in [0, 0.05) is 17.1 Å². The molecule has 0 saturated carbocycles. The summed E-state index contributed by atoms with van der Waals surface area (Å²) in [7, 11) is 1.79. The molecule has 0 amide bonds. The number of alkyl halides is 3. The van der Waals surface area contributed by atoms with Crippen LogP contribution in [-0.2, 0) is 6.18 Å². The predicted molar refractivity (Wildman–Crippen MR) is 81.5 cm³/mol. The zero-order valence-electron chi connectivity index (χ0n) is 12.8. The van der Waals surface area contributed by atoms with Crippen LogP contribution < -0.4 is 5.32 Å². The lowest BCUT2D eigenvalue weighted by Crippen LogP contribution is -2.15. The van der Waals surface area contributed by atoms with E-state index in [1.165, 1.54) is 38.3 Å². The lowest BCUT2D eigenvalue weighted by Gasteiger charge is -2.13. The summed E-state index contributed by atoms with van der Waals surface area (Å²) in [4.78, 5) is 4.16. The molecule has 1 rings (SSSR count). The van der Waals surface area contributed by atoms with E-state index in [2.05, 4.69) is 17.2 Å². The minimum Gasteiger partial charge on any atom is -0.312 e. The lowest BCUT2D eigenvalue weighted by atomic mass is 10.0. The first kappa shape index (κ1) is 18.4. The predicted octanol–water partition coefficient (Wildman–Crippen LogP) is 5.56. The molecule has 0 aromatic carbocycles. The third-order valence-electron chi connectivity index (χ3n) is 3.55. The average Bonchev–Trinajstić information content (AvgIpc) is 2.91. The fraction of sp³-hybridized carbons (Fsp3) is 0.800. The maximum atomic E-state index is 12.6. The highest BCUT2D eigenvalue weighted by atomic mass is 32.1. The molecule has 21 heavy (non-hydrogen) atoms. The molecular formula is C15H25F3N2S. The first-order valence-electron chi connectivity index (χ1n) is 7.69. The molecule has 1 N–H and O–H groups in total. The van der Waals surface area contributed by atoms with Crippen LogP contribution in [0.4, 0.5) is 13.2 Å². The van der Waals surface area contributed by atoms with Crippen LogP contribution in [0.1, 0.15) is 74.2 Å². The lowest BCUT2D eigenvalue weighted by molar-refractivity contribution is -0.137. The van der Waals surface area contributed by atoms with Gasteiger partial charge in [-0.3, -0.25) is 0 Å². The highest BCUT2D eigenvalue weighted by molar-refractivity contribution is 7.11. The van der Waals surface area contributed by atoms with Crippen molar-refractivity contribution in [1.82, 2.24) is 10.3 Å². The molecule has 0 aliphatic heterocycles. The Morgan fingerprint density at radius 1 is 1.14 bits per heavy atom. The van der Waals surface area contributed by atoms with Crippen LogP contribution in [0.25, 0.3) is 0 Å². The fourth-order valence-electron chi connectivity index (χ4n) is 2.31. The summed E-state index contributed by atoms with van der Waals surface area (Å²) >= 11 is 0.749. The Morgan fingerprint density at radius 2 is 1.76 bits per heavy atom. The smallest absolute Gasteiger partial charge is 0.312 e. The monoisotopic (exact) mass is 322 g/mol. The summed E-state index contributed by atoms with van der Waals surface area (Å²) in [6.07, 6.45) is 6.37. The topological polar surface area (TPSA) is 24.9 Å². The van der Waals surface area contributed by atoms with Crippen molar-refractivity contribution < 1.29 is 13.2 Å². The molecule has 1 aromatic rings. The maximum absolute atomic E-state index is 12.6. The van der Waals surface area contributed by atoms with E-state index in [1.807, 2.05) is 0 Å². The Bertz CT molecular complexity index is 391. The van der Waals surface area contributed by atoms with E-state index < -0.39 is 11.2 Å². The van der Waals surface area contributed by atoms with Gasteiger partial charge in [-0.05, 0) is 13.5 Å². The molecule has 6 heteroatoms. The van der Waals surface area contributed by atoms with Gasteiger partial charge in [-0.1, -0.05) is 51.9 Å². The third-order valence-corrected chi connectivity index (χ3v) is 4.71.